The SMILES string of the molecule is COC(O)(OC)C(=O)O. The summed E-state index contributed by atoms with van der Waals surface area (Å²) in [5, 5.41) is 16.8. The van der Waals surface area contributed by atoms with Gasteiger partial charge in [-0.05, 0) is 0 Å². The van der Waals surface area contributed by atoms with Crippen molar-refractivity contribution in [2.24, 2.45) is 0 Å². The summed E-state index contributed by atoms with van der Waals surface area (Å²) in [5.74, 6) is -4.08. The monoisotopic (exact) mass is 136 g/mol. The van der Waals surface area contributed by atoms with Gasteiger partial charge >= 0.3 is 11.9 Å². The lowest BCUT2D eigenvalue weighted by molar-refractivity contribution is -0.324. The van der Waals surface area contributed by atoms with E-state index in [1.54, 1.807) is 0 Å². The highest BCUT2D eigenvalue weighted by Crippen LogP contribution is 2.04. The van der Waals surface area contributed by atoms with Crippen molar-refractivity contribution >= 4 is 5.97 Å². The van der Waals surface area contributed by atoms with Crippen LogP contribution >= 0.6 is 0 Å². The van der Waals surface area contributed by atoms with Crippen molar-refractivity contribution in [3.05, 3.63) is 0 Å². The van der Waals surface area contributed by atoms with Crippen LogP contribution in [0.3, 0.4) is 0 Å². The third-order valence-electron chi connectivity index (χ3n) is 0.824. The van der Waals surface area contributed by atoms with Gasteiger partial charge in [0.15, 0.2) is 0 Å². The molecule has 0 aromatic rings. The van der Waals surface area contributed by atoms with Crippen LogP contribution in [0.25, 0.3) is 0 Å². The second kappa shape index (κ2) is 2.77. The summed E-state index contributed by atoms with van der Waals surface area (Å²) in [4.78, 5) is 9.98. The molecule has 9 heavy (non-hydrogen) atoms. The number of aliphatic hydroxyl groups is 1. The molecule has 0 radical (unpaired) electrons. The van der Waals surface area contributed by atoms with Crippen LogP contribution in [0.4, 0.5) is 0 Å². The number of ether oxygens (including phenoxy) is 2. The van der Waals surface area contributed by atoms with Gasteiger partial charge in [0, 0.05) is 14.2 Å². The Kier molecular flexibility index (Phi) is 2.57. The predicted octanol–water partition coefficient (Wildman–Crippen LogP) is -0.990. The molecule has 0 aromatic carbocycles. The molecule has 0 atom stereocenters. The second-order valence-corrected chi connectivity index (χ2v) is 1.30. The Labute approximate surface area is 51.8 Å². The zero-order valence-electron chi connectivity index (χ0n) is 5.12. The average Bonchev–Trinajstić information content (AvgIpc) is 1.86. The van der Waals surface area contributed by atoms with Gasteiger partial charge in [0.25, 0.3) is 0 Å². The first-order chi connectivity index (χ1) is 4.06. The Morgan fingerprint density at radius 3 is 1.78 bits per heavy atom. The van der Waals surface area contributed by atoms with Crippen molar-refractivity contribution < 1.29 is 24.5 Å². The van der Waals surface area contributed by atoms with Crippen LogP contribution in [0, 0.1) is 0 Å². The largest absolute Gasteiger partial charge is 0.475 e. The van der Waals surface area contributed by atoms with Crippen LogP contribution < -0.4 is 0 Å². The Balaban J connectivity index is 4.09. The minimum atomic E-state index is -2.50. The van der Waals surface area contributed by atoms with E-state index in [1.165, 1.54) is 0 Å². The summed E-state index contributed by atoms with van der Waals surface area (Å²) in [7, 11) is 2.05. The molecule has 0 spiro atoms. The smallest absolute Gasteiger partial charge is 0.395 e. The van der Waals surface area contributed by atoms with Crippen LogP contribution in [-0.2, 0) is 14.3 Å². The Bertz CT molecular complexity index is 106. The van der Waals surface area contributed by atoms with Gasteiger partial charge in [-0.25, -0.2) is 4.79 Å². The van der Waals surface area contributed by atoms with E-state index in [4.69, 9.17) is 10.2 Å². The fourth-order valence-corrected chi connectivity index (χ4v) is 0.258. The molecule has 0 aliphatic carbocycles. The van der Waals surface area contributed by atoms with E-state index in [0.29, 0.717) is 0 Å². The number of carbonyl (C=O) groups is 1. The molecule has 0 rings (SSSR count). The molecule has 5 nitrogen and oxygen atoms in total. The highest BCUT2D eigenvalue weighted by Gasteiger charge is 2.36. The van der Waals surface area contributed by atoms with Gasteiger partial charge in [0.05, 0.1) is 0 Å². The van der Waals surface area contributed by atoms with Crippen molar-refractivity contribution in [2.45, 2.75) is 5.97 Å². The molecule has 5 heteroatoms. The van der Waals surface area contributed by atoms with E-state index in [2.05, 4.69) is 9.47 Å². The van der Waals surface area contributed by atoms with Crippen LogP contribution in [0.2, 0.25) is 0 Å². The molecule has 0 fully saturated rings. The number of methoxy groups -OCH3 is 2. The minimum absolute atomic E-state index is 1.03. The number of rotatable bonds is 3. The highest BCUT2D eigenvalue weighted by atomic mass is 16.8. The number of carboxylic acids is 1. The molecule has 0 amide bonds. The Morgan fingerprint density at radius 2 is 1.78 bits per heavy atom. The minimum Gasteiger partial charge on any atom is -0.475 e. The zero-order valence-corrected chi connectivity index (χ0v) is 5.12. The summed E-state index contributed by atoms with van der Waals surface area (Å²) in [6.45, 7) is 0. The van der Waals surface area contributed by atoms with Crippen molar-refractivity contribution in [3.63, 3.8) is 0 Å². The van der Waals surface area contributed by atoms with E-state index in [-0.39, 0.29) is 0 Å². The highest BCUT2D eigenvalue weighted by molar-refractivity contribution is 5.73. The van der Waals surface area contributed by atoms with Gasteiger partial charge < -0.3 is 19.7 Å². The maximum absolute atomic E-state index is 9.98. The van der Waals surface area contributed by atoms with Crippen LogP contribution in [0.1, 0.15) is 0 Å². The van der Waals surface area contributed by atoms with Gasteiger partial charge in [-0.3, -0.25) is 0 Å². The summed E-state index contributed by atoms with van der Waals surface area (Å²) >= 11 is 0. The van der Waals surface area contributed by atoms with E-state index in [1.807, 2.05) is 0 Å². The van der Waals surface area contributed by atoms with Crippen molar-refractivity contribution in [2.75, 3.05) is 14.2 Å². The fraction of sp³-hybridized carbons (Fsp3) is 0.750. The maximum atomic E-state index is 9.98. The van der Waals surface area contributed by atoms with Crippen molar-refractivity contribution in [1.82, 2.24) is 0 Å². The molecule has 54 valence electrons. The lowest BCUT2D eigenvalue weighted by Crippen LogP contribution is -2.42. The van der Waals surface area contributed by atoms with Gasteiger partial charge in [-0.15, -0.1) is 0 Å². The maximum Gasteiger partial charge on any atom is 0.395 e. The molecule has 0 aromatic heterocycles. The Morgan fingerprint density at radius 1 is 1.44 bits per heavy atom. The molecular formula is C4H8O5. The molecule has 0 bridgehead atoms. The van der Waals surface area contributed by atoms with Gasteiger partial charge in [0.1, 0.15) is 0 Å². The van der Waals surface area contributed by atoms with E-state index >= 15 is 0 Å². The van der Waals surface area contributed by atoms with Crippen molar-refractivity contribution in [1.29, 1.82) is 0 Å². The number of hydrogen-bond acceptors (Lipinski definition) is 4. The zero-order chi connectivity index (χ0) is 7.49. The predicted molar refractivity (Wildman–Crippen MR) is 26.6 cm³/mol. The fourth-order valence-electron chi connectivity index (χ4n) is 0.258. The molecule has 0 aliphatic rings. The normalized spacial score (nSPS) is 11.4. The van der Waals surface area contributed by atoms with Crippen LogP contribution in [-0.4, -0.2) is 36.4 Å². The Hall–Kier alpha value is -0.650. The third kappa shape index (κ3) is 1.63. The molecule has 0 saturated carbocycles. The first-order valence-electron chi connectivity index (χ1n) is 2.13. The first kappa shape index (κ1) is 8.35. The van der Waals surface area contributed by atoms with Crippen molar-refractivity contribution in [3.8, 4) is 0 Å². The third-order valence-corrected chi connectivity index (χ3v) is 0.824. The van der Waals surface area contributed by atoms with E-state index < -0.39 is 11.9 Å². The van der Waals surface area contributed by atoms with Gasteiger partial charge in [0.2, 0.25) is 0 Å². The summed E-state index contributed by atoms with van der Waals surface area (Å²) in [5.41, 5.74) is 0. The number of hydrogen-bond donors (Lipinski definition) is 2. The standard InChI is InChI=1S/C4H8O5/c1-8-4(7,9-2)3(5)6/h7H,1-2H3,(H,5,6). The number of carboxylic acid groups (broad SMARTS) is 1. The molecular weight excluding hydrogens is 128 g/mol. The molecule has 0 heterocycles. The number of aliphatic carboxylic acids is 1. The molecule has 0 saturated heterocycles. The molecule has 2 N–H and O–H groups in total. The van der Waals surface area contributed by atoms with E-state index in [9.17, 15) is 4.79 Å². The second-order valence-electron chi connectivity index (χ2n) is 1.30. The van der Waals surface area contributed by atoms with Gasteiger partial charge in [-0.1, -0.05) is 0 Å². The summed E-state index contributed by atoms with van der Waals surface area (Å²) < 4.78 is 8.16. The average molecular weight is 136 g/mol. The van der Waals surface area contributed by atoms with Crippen LogP contribution in [0.15, 0.2) is 0 Å². The summed E-state index contributed by atoms with van der Waals surface area (Å²) in [6.07, 6.45) is 0. The lowest BCUT2D eigenvalue weighted by atomic mass is 10.6. The quantitative estimate of drug-likeness (QED) is 0.487. The topological polar surface area (TPSA) is 76.0 Å². The van der Waals surface area contributed by atoms with Crippen LogP contribution in [0.5, 0.6) is 0 Å². The van der Waals surface area contributed by atoms with E-state index in [0.717, 1.165) is 14.2 Å². The lowest BCUT2D eigenvalue weighted by Gasteiger charge is -2.17. The summed E-state index contributed by atoms with van der Waals surface area (Å²) in [6, 6.07) is 0. The van der Waals surface area contributed by atoms with Gasteiger partial charge in [-0.2, -0.15) is 0 Å². The first-order valence-corrected chi connectivity index (χ1v) is 2.13. The molecule has 0 unspecified atom stereocenters. The molecule has 0 aliphatic heterocycles.